The van der Waals surface area contributed by atoms with E-state index in [9.17, 15) is 0 Å². The molecule has 4 aromatic rings. The molecule has 0 N–H and O–H groups in total. The first-order valence-electron chi connectivity index (χ1n) is 7.40. The lowest BCUT2D eigenvalue weighted by atomic mass is 9.98. The van der Waals surface area contributed by atoms with Crippen molar-refractivity contribution in [2.24, 2.45) is 0 Å². The Labute approximate surface area is 129 Å². The van der Waals surface area contributed by atoms with Crippen molar-refractivity contribution in [3.63, 3.8) is 0 Å². The van der Waals surface area contributed by atoms with E-state index in [0.717, 1.165) is 5.75 Å². The molecule has 0 aliphatic rings. The minimum Gasteiger partial charge on any atom is -0.497 e. The third kappa shape index (κ3) is 2.21. The van der Waals surface area contributed by atoms with Crippen molar-refractivity contribution >= 4 is 21.5 Å². The number of benzene rings is 4. The lowest BCUT2D eigenvalue weighted by molar-refractivity contribution is 0.415. The van der Waals surface area contributed by atoms with Gasteiger partial charge in [-0.1, -0.05) is 54.6 Å². The van der Waals surface area contributed by atoms with E-state index in [0.29, 0.717) is 0 Å². The zero-order chi connectivity index (χ0) is 14.9. The first-order chi connectivity index (χ1) is 10.8. The van der Waals surface area contributed by atoms with Crippen LogP contribution in [0.2, 0.25) is 0 Å². The maximum Gasteiger partial charge on any atom is 0.119 e. The topological polar surface area (TPSA) is 9.23 Å². The van der Waals surface area contributed by atoms with Gasteiger partial charge in [-0.2, -0.15) is 0 Å². The Morgan fingerprint density at radius 3 is 1.86 bits per heavy atom. The highest BCUT2D eigenvalue weighted by molar-refractivity contribution is 5.91. The summed E-state index contributed by atoms with van der Waals surface area (Å²) in [5, 5.41) is 4.97. The van der Waals surface area contributed by atoms with E-state index in [1.807, 2.05) is 6.07 Å². The molecule has 106 valence electrons. The first kappa shape index (κ1) is 12.9. The molecule has 1 nitrogen and oxygen atoms in total. The zero-order valence-corrected chi connectivity index (χ0v) is 12.4. The highest BCUT2D eigenvalue weighted by Crippen LogP contribution is 2.29. The number of rotatable bonds is 2. The predicted octanol–water partition coefficient (Wildman–Crippen LogP) is 5.67. The van der Waals surface area contributed by atoms with Gasteiger partial charge in [-0.3, -0.25) is 0 Å². The van der Waals surface area contributed by atoms with Gasteiger partial charge in [-0.25, -0.2) is 0 Å². The third-order valence-electron chi connectivity index (χ3n) is 4.13. The van der Waals surface area contributed by atoms with E-state index >= 15 is 0 Å². The quantitative estimate of drug-likeness (QED) is 0.461. The summed E-state index contributed by atoms with van der Waals surface area (Å²) >= 11 is 0. The summed E-state index contributed by atoms with van der Waals surface area (Å²) in [7, 11) is 1.70. The van der Waals surface area contributed by atoms with E-state index in [4.69, 9.17) is 4.74 Å². The van der Waals surface area contributed by atoms with Crippen LogP contribution in [0.15, 0.2) is 78.9 Å². The van der Waals surface area contributed by atoms with Gasteiger partial charge in [-0.15, -0.1) is 0 Å². The molecule has 0 heterocycles. The number of fused-ring (bicyclic) bond motifs is 2. The molecule has 0 saturated carbocycles. The Bertz CT molecular complexity index is 970. The van der Waals surface area contributed by atoms with Crippen molar-refractivity contribution in [1.82, 2.24) is 0 Å². The predicted molar refractivity (Wildman–Crippen MR) is 93.4 cm³/mol. The van der Waals surface area contributed by atoms with Gasteiger partial charge >= 0.3 is 0 Å². The molecule has 0 unspecified atom stereocenters. The van der Waals surface area contributed by atoms with Crippen molar-refractivity contribution in [3.8, 4) is 16.9 Å². The SMILES string of the molecule is COc1ccc2ccc(-c3ccc4ccccc4c3)cc2c1. The third-order valence-corrected chi connectivity index (χ3v) is 4.13. The second-order valence-electron chi connectivity index (χ2n) is 5.49. The molecular formula is C21H16O. The standard InChI is InChI=1S/C21H16O/c1-22-21-11-10-16-7-9-19(13-20(16)14-21)18-8-6-15-4-2-3-5-17(15)12-18/h2-14H,1H3. The largest absolute Gasteiger partial charge is 0.497 e. The van der Waals surface area contributed by atoms with Crippen LogP contribution in [-0.2, 0) is 0 Å². The summed E-state index contributed by atoms with van der Waals surface area (Å²) in [4.78, 5) is 0. The minimum atomic E-state index is 0.892. The summed E-state index contributed by atoms with van der Waals surface area (Å²) in [5.74, 6) is 0.892. The Hall–Kier alpha value is -2.80. The minimum absolute atomic E-state index is 0.892. The van der Waals surface area contributed by atoms with Crippen LogP contribution in [0.1, 0.15) is 0 Å². The van der Waals surface area contributed by atoms with Crippen LogP contribution in [0.25, 0.3) is 32.7 Å². The van der Waals surface area contributed by atoms with Crippen LogP contribution in [0.3, 0.4) is 0 Å². The number of hydrogen-bond donors (Lipinski definition) is 0. The van der Waals surface area contributed by atoms with Crippen molar-refractivity contribution in [2.45, 2.75) is 0 Å². The molecule has 0 fully saturated rings. The van der Waals surface area contributed by atoms with Crippen LogP contribution in [0.5, 0.6) is 5.75 Å². The summed E-state index contributed by atoms with van der Waals surface area (Å²) in [6.07, 6.45) is 0. The van der Waals surface area contributed by atoms with Gasteiger partial charge < -0.3 is 4.74 Å². The number of ether oxygens (including phenoxy) is 1. The van der Waals surface area contributed by atoms with Gasteiger partial charge in [0.1, 0.15) is 5.75 Å². The maximum absolute atomic E-state index is 5.33. The smallest absolute Gasteiger partial charge is 0.119 e. The van der Waals surface area contributed by atoms with Crippen molar-refractivity contribution < 1.29 is 4.74 Å². The van der Waals surface area contributed by atoms with Gasteiger partial charge in [0.2, 0.25) is 0 Å². The molecule has 0 atom stereocenters. The van der Waals surface area contributed by atoms with Gasteiger partial charge in [0, 0.05) is 0 Å². The molecule has 4 aromatic carbocycles. The summed E-state index contributed by atoms with van der Waals surface area (Å²) < 4.78 is 5.33. The normalized spacial score (nSPS) is 11.0. The van der Waals surface area contributed by atoms with E-state index < -0.39 is 0 Å². The molecule has 0 aliphatic carbocycles. The fourth-order valence-corrected chi connectivity index (χ4v) is 2.90. The molecular weight excluding hydrogens is 268 g/mol. The molecule has 0 radical (unpaired) electrons. The highest BCUT2D eigenvalue weighted by Gasteiger charge is 2.02. The molecule has 0 spiro atoms. The molecule has 1 heteroatoms. The van der Waals surface area contributed by atoms with Crippen LogP contribution in [-0.4, -0.2) is 7.11 Å². The van der Waals surface area contributed by atoms with Crippen molar-refractivity contribution in [2.75, 3.05) is 7.11 Å². The number of hydrogen-bond acceptors (Lipinski definition) is 1. The van der Waals surface area contributed by atoms with E-state index in [2.05, 4.69) is 72.8 Å². The molecule has 0 amide bonds. The lowest BCUT2D eigenvalue weighted by Gasteiger charge is -2.07. The summed E-state index contributed by atoms with van der Waals surface area (Å²) in [6.45, 7) is 0. The molecule has 4 rings (SSSR count). The zero-order valence-electron chi connectivity index (χ0n) is 12.4. The fraction of sp³-hybridized carbons (Fsp3) is 0.0476. The van der Waals surface area contributed by atoms with Crippen LogP contribution < -0.4 is 4.74 Å². The monoisotopic (exact) mass is 284 g/mol. The summed E-state index contributed by atoms with van der Waals surface area (Å²) in [6, 6.07) is 27.8. The second kappa shape index (κ2) is 5.19. The average molecular weight is 284 g/mol. The average Bonchev–Trinajstić information content (AvgIpc) is 2.60. The van der Waals surface area contributed by atoms with Gasteiger partial charge in [0.25, 0.3) is 0 Å². The van der Waals surface area contributed by atoms with E-state index in [1.165, 1.54) is 32.7 Å². The van der Waals surface area contributed by atoms with Crippen molar-refractivity contribution in [1.29, 1.82) is 0 Å². The van der Waals surface area contributed by atoms with Crippen LogP contribution >= 0.6 is 0 Å². The van der Waals surface area contributed by atoms with Crippen LogP contribution in [0.4, 0.5) is 0 Å². The molecule has 0 bridgehead atoms. The Morgan fingerprint density at radius 2 is 1.14 bits per heavy atom. The van der Waals surface area contributed by atoms with Gasteiger partial charge in [0.15, 0.2) is 0 Å². The van der Waals surface area contributed by atoms with Gasteiger partial charge in [-0.05, 0) is 56.9 Å². The first-order valence-corrected chi connectivity index (χ1v) is 7.40. The van der Waals surface area contributed by atoms with Crippen molar-refractivity contribution in [3.05, 3.63) is 78.9 Å². The molecule has 0 aromatic heterocycles. The Balaban J connectivity index is 1.87. The molecule has 22 heavy (non-hydrogen) atoms. The molecule has 0 aliphatic heterocycles. The fourth-order valence-electron chi connectivity index (χ4n) is 2.90. The number of methoxy groups -OCH3 is 1. The Morgan fingerprint density at radius 1 is 0.545 bits per heavy atom. The summed E-state index contributed by atoms with van der Waals surface area (Å²) in [5.41, 5.74) is 2.47. The molecule has 0 saturated heterocycles. The maximum atomic E-state index is 5.33. The second-order valence-corrected chi connectivity index (χ2v) is 5.49. The Kier molecular flexibility index (Phi) is 3.05. The highest BCUT2D eigenvalue weighted by atomic mass is 16.5. The van der Waals surface area contributed by atoms with E-state index in [1.54, 1.807) is 7.11 Å². The van der Waals surface area contributed by atoms with Gasteiger partial charge in [0.05, 0.1) is 7.11 Å². The van der Waals surface area contributed by atoms with Crippen LogP contribution in [0, 0.1) is 0 Å². The van der Waals surface area contributed by atoms with E-state index in [-0.39, 0.29) is 0 Å². The lowest BCUT2D eigenvalue weighted by Crippen LogP contribution is -1.84.